The molecule has 130 valence electrons. The van der Waals surface area contributed by atoms with Crippen LogP contribution in [0.2, 0.25) is 10.0 Å². The number of hydrogen-bond acceptors (Lipinski definition) is 7. The van der Waals surface area contributed by atoms with Crippen LogP contribution in [0.1, 0.15) is 5.89 Å². The Hall–Kier alpha value is -2.90. The summed E-state index contributed by atoms with van der Waals surface area (Å²) in [6, 6.07) is 14.3. The summed E-state index contributed by atoms with van der Waals surface area (Å²) in [6.07, 6.45) is -0.0221. The van der Waals surface area contributed by atoms with Crippen molar-refractivity contribution in [1.29, 1.82) is 0 Å². The molecule has 0 unspecified atom stereocenters. The van der Waals surface area contributed by atoms with E-state index in [9.17, 15) is 0 Å². The van der Waals surface area contributed by atoms with Crippen LogP contribution in [0.25, 0.3) is 22.8 Å². The van der Waals surface area contributed by atoms with Gasteiger partial charge in [0.1, 0.15) is 0 Å². The van der Waals surface area contributed by atoms with E-state index in [2.05, 4.69) is 20.3 Å². The Kier molecular flexibility index (Phi) is 4.55. The first-order chi connectivity index (χ1) is 12.7. The summed E-state index contributed by atoms with van der Waals surface area (Å²) < 4.78 is 15.6. The van der Waals surface area contributed by atoms with E-state index >= 15 is 0 Å². The number of ether oxygens (including phenoxy) is 1. The SMILES string of the molecule is Clc1ccc(-c2noc(COc3nc(-c4ccccc4Cl)no3)n2)cc1. The number of rotatable bonds is 5. The van der Waals surface area contributed by atoms with Gasteiger partial charge in [-0.3, -0.25) is 4.52 Å². The molecule has 0 atom stereocenters. The van der Waals surface area contributed by atoms with Gasteiger partial charge in [0.25, 0.3) is 5.89 Å². The van der Waals surface area contributed by atoms with Gasteiger partial charge in [-0.05, 0) is 36.4 Å². The Morgan fingerprint density at radius 3 is 2.42 bits per heavy atom. The summed E-state index contributed by atoms with van der Waals surface area (Å²) in [6.45, 7) is -0.00918. The van der Waals surface area contributed by atoms with Gasteiger partial charge in [-0.25, -0.2) is 0 Å². The molecule has 2 aromatic heterocycles. The molecule has 0 aliphatic heterocycles. The van der Waals surface area contributed by atoms with Crippen LogP contribution in [0.4, 0.5) is 0 Å². The van der Waals surface area contributed by atoms with Gasteiger partial charge in [-0.2, -0.15) is 9.97 Å². The third-order valence-electron chi connectivity index (χ3n) is 3.41. The van der Waals surface area contributed by atoms with Crippen molar-refractivity contribution < 1.29 is 13.8 Å². The Bertz CT molecular complexity index is 1030. The summed E-state index contributed by atoms with van der Waals surface area (Å²) >= 11 is 12.0. The summed E-state index contributed by atoms with van der Waals surface area (Å²) in [5.74, 6) is 1.04. The Balaban J connectivity index is 1.44. The van der Waals surface area contributed by atoms with E-state index in [1.165, 1.54) is 0 Å². The number of aromatic nitrogens is 4. The molecule has 0 amide bonds. The molecule has 0 radical (unpaired) electrons. The average Bonchev–Trinajstić information content (AvgIpc) is 3.30. The normalized spacial score (nSPS) is 10.8. The lowest BCUT2D eigenvalue weighted by molar-refractivity contribution is 0.169. The second kappa shape index (κ2) is 7.15. The zero-order valence-electron chi connectivity index (χ0n) is 13.1. The first kappa shape index (κ1) is 16.6. The van der Waals surface area contributed by atoms with Crippen LogP contribution in [-0.4, -0.2) is 20.3 Å². The highest BCUT2D eigenvalue weighted by molar-refractivity contribution is 6.33. The molecule has 0 saturated carbocycles. The van der Waals surface area contributed by atoms with Crippen molar-refractivity contribution in [3.05, 3.63) is 64.5 Å². The van der Waals surface area contributed by atoms with Crippen molar-refractivity contribution in [2.45, 2.75) is 6.61 Å². The van der Waals surface area contributed by atoms with E-state index in [-0.39, 0.29) is 18.6 Å². The van der Waals surface area contributed by atoms with Crippen LogP contribution < -0.4 is 4.74 Å². The molecule has 0 fully saturated rings. The molecular formula is C17H10Cl2N4O3. The first-order valence-electron chi connectivity index (χ1n) is 7.49. The maximum Gasteiger partial charge on any atom is 0.418 e. The van der Waals surface area contributed by atoms with Gasteiger partial charge in [0.15, 0.2) is 6.61 Å². The molecule has 0 spiro atoms. The predicted octanol–water partition coefficient (Wildman–Crippen LogP) is 4.67. The number of hydrogen-bond donors (Lipinski definition) is 0. The molecule has 0 bridgehead atoms. The number of benzene rings is 2. The van der Waals surface area contributed by atoms with Crippen LogP contribution in [0, 0.1) is 0 Å². The van der Waals surface area contributed by atoms with Crippen LogP contribution >= 0.6 is 23.2 Å². The summed E-state index contributed by atoms with van der Waals surface area (Å²) in [4.78, 5) is 8.39. The quantitative estimate of drug-likeness (QED) is 0.490. The lowest BCUT2D eigenvalue weighted by Gasteiger charge is -1.96. The van der Waals surface area contributed by atoms with E-state index in [4.69, 9.17) is 37.0 Å². The fraction of sp³-hybridized carbons (Fsp3) is 0.0588. The van der Waals surface area contributed by atoms with Gasteiger partial charge in [-0.1, -0.05) is 45.6 Å². The van der Waals surface area contributed by atoms with Crippen LogP contribution in [0.3, 0.4) is 0 Å². The molecule has 9 heteroatoms. The second-order valence-electron chi connectivity index (χ2n) is 5.17. The molecule has 4 rings (SSSR count). The lowest BCUT2D eigenvalue weighted by Crippen LogP contribution is -1.96. The third kappa shape index (κ3) is 3.54. The van der Waals surface area contributed by atoms with Gasteiger partial charge in [0.2, 0.25) is 11.6 Å². The van der Waals surface area contributed by atoms with Crippen molar-refractivity contribution in [3.63, 3.8) is 0 Å². The highest BCUT2D eigenvalue weighted by Gasteiger charge is 2.14. The zero-order chi connectivity index (χ0) is 17.9. The summed E-state index contributed by atoms with van der Waals surface area (Å²) in [7, 11) is 0. The van der Waals surface area contributed by atoms with Gasteiger partial charge >= 0.3 is 6.08 Å². The average molecular weight is 389 g/mol. The largest absolute Gasteiger partial charge is 0.439 e. The van der Waals surface area contributed by atoms with Crippen LogP contribution in [0.15, 0.2) is 57.6 Å². The fourth-order valence-corrected chi connectivity index (χ4v) is 2.52. The number of halogens is 2. The van der Waals surface area contributed by atoms with Gasteiger partial charge in [0.05, 0.1) is 5.02 Å². The monoisotopic (exact) mass is 388 g/mol. The fourth-order valence-electron chi connectivity index (χ4n) is 2.17. The standard InChI is InChI=1S/C17H10Cl2N4O3/c18-11-7-5-10(6-8-11)15-20-14(25-22-15)9-24-17-21-16(23-26-17)12-3-1-2-4-13(12)19/h1-8H,9H2. The minimum absolute atomic E-state index is 0.00918. The molecule has 2 aromatic carbocycles. The molecule has 7 nitrogen and oxygen atoms in total. The van der Waals surface area contributed by atoms with Gasteiger partial charge in [-0.15, -0.1) is 0 Å². The van der Waals surface area contributed by atoms with Gasteiger partial charge in [0, 0.05) is 16.1 Å². The molecular weight excluding hydrogens is 379 g/mol. The Morgan fingerprint density at radius 1 is 0.846 bits per heavy atom. The summed E-state index contributed by atoms with van der Waals surface area (Å²) in [5.41, 5.74) is 1.43. The molecule has 0 aliphatic rings. The van der Waals surface area contributed by atoms with Crippen molar-refractivity contribution in [2.75, 3.05) is 0 Å². The topological polar surface area (TPSA) is 87.1 Å². The lowest BCUT2D eigenvalue weighted by atomic mass is 10.2. The maximum absolute atomic E-state index is 6.11. The molecule has 2 heterocycles. The minimum Gasteiger partial charge on any atom is -0.439 e. The van der Waals surface area contributed by atoms with Crippen molar-refractivity contribution in [2.24, 2.45) is 0 Å². The van der Waals surface area contributed by atoms with E-state index in [0.717, 1.165) is 5.56 Å². The molecule has 4 aromatic rings. The predicted molar refractivity (Wildman–Crippen MR) is 93.8 cm³/mol. The van der Waals surface area contributed by atoms with Crippen molar-refractivity contribution in [1.82, 2.24) is 20.3 Å². The van der Waals surface area contributed by atoms with E-state index in [0.29, 0.717) is 27.3 Å². The van der Waals surface area contributed by atoms with Crippen LogP contribution in [0.5, 0.6) is 6.08 Å². The smallest absolute Gasteiger partial charge is 0.418 e. The first-order valence-corrected chi connectivity index (χ1v) is 8.24. The van der Waals surface area contributed by atoms with Crippen molar-refractivity contribution >= 4 is 23.2 Å². The molecule has 0 N–H and O–H groups in total. The molecule has 0 saturated heterocycles. The third-order valence-corrected chi connectivity index (χ3v) is 3.99. The Morgan fingerprint density at radius 2 is 1.62 bits per heavy atom. The van der Waals surface area contributed by atoms with E-state index < -0.39 is 0 Å². The van der Waals surface area contributed by atoms with Crippen molar-refractivity contribution in [3.8, 4) is 28.9 Å². The minimum atomic E-state index is -0.0221. The maximum atomic E-state index is 6.11. The molecule has 26 heavy (non-hydrogen) atoms. The van der Waals surface area contributed by atoms with E-state index in [1.807, 2.05) is 12.1 Å². The zero-order valence-corrected chi connectivity index (χ0v) is 14.6. The molecule has 0 aliphatic carbocycles. The highest BCUT2D eigenvalue weighted by atomic mass is 35.5. The van der Waals surface area contributed by atoms with E-state index in [1.54, 1.807) is 36.4 Å². The number of nitrogens with zero attached hydrogens (tertiary/aromatic N) is 4. The summed E-state index contributed by atoms with van der Waals surface area (Å²) in [5, 5.41) is 8.89. The van der Waals surface area contributed by atoms with Crippen LogP contribution in [-0.2, 0) is 6.61 Å². The Labute approximate surface area is 157 Å². The van der Waals surface area contributed by atoms with Gasteiger partial charge < -0.3 is 9.26 Å². The highest BCUT2D eigenvalue weighted by Crippen LogP contribution is 2.26. The second-order valence-corrected chi connectivity index (χ2v) is 6.01.